The van der Waals surface area contributed by atoms with Crippen molar-refractivity contribution in [2.45, 2.75) is 31.8 Å². The van der Waals surface area contributed by atoms with Gasteiger partial charge in [-0.2, -0.15) is 0 Å². The molecule has 20 heavy (non-hydrogen) atoms. The van der Waals surface area contributed by atoms with E-state index in [0.717, 1.165) is 37.4 Å². The maximum Gasteiger partial charge on any atom is 0.161 e. The fraction of sp³-hybridized carbons (Fsp3) is 0.625. The smallest absolute Gasteiger partial charge is 0.161 e. The van der Waals surface area contributed by atoms with E-state index in [1.165, 1.54) is 6.42 Å². The highest BCUT2D eigenvalue weighted by molar-refractivity contribution is 5.39. The summed E-state index contributed by atoms with van der Waals surface area (Å²) in [5.74, 6) is 1.61. The van der Waals surface area contributed by atoms with Crippen LogP contribution >= 0.6 is 0 Å². The van der Waals surface area contributed by atoms with Crippen molar-refractivity contribution in [3.8, 4) is 11.5 Å². The van der Waals surface area contributed by atoms with Gasteiger partial charge in [0.25, 0.3) is 0 Å². The Hall–Kier alpha value is -1.26. The maximum atomic E-state index is 5.76. The minimum absolute atomic E-state index is 0.0726. The molecule has 0 aliphatic heterocycles. The minimum Gasteiger partial charge on any atom is -0.490 e. The Labute approximate surface area is 121 Å². The molecule has 1 aliphatic carbocycles. The van der Waals surface area contributed by atoms with E-state index < -0.39 is 0 Å². The summed E-state index contributed by atoms with van der Waals surface area (Å²) in [6.07, 6.45) is 3.59. The van der Waals surface area contributed by atoms with Crippen molar-refractivity contribution in [2.75, 3.05) is 33.4 Å². The SMILES string of the molecule is CCOc1ccccc1OCCNCC1(OC)CCC1. The van der Waals surface area contributed by atoms with Crippen molar-refractivity contribution in [1.29, 1.82) is 0 Å². The molecule has 0 saturated heterocycles. The van der Waals surface area contributed by atoms with Gasteiger partial charge in [-0.1, -0.05) is 12.1 Å². The number of nitrogens with one attached hydrogen (secondary N) is 1. The number of ether oxygens (including phenoxy) is 3. The first-order valence-corrected chi connectivity index (χ1v) is 7.40. The van der Waals surface area contributed by atoms with Gasteiger partial charge in [0, 0.05) is 20.2 Å². The third kappa shape index (κ3) is 3.87. The number of methoxy groups -OCH3 is 1. The van der Waals surface area contributed by atoms with Gasteiger partial charge < -0.3 is 19.5 Å². The second kappa shape index (κ2) is 7.50. The molecule has 1 aliphatic rings. The van der Waals surface area contributed by atoms with Crippen LogP contribution in [-0.4, -0.2) is 39.0 Å². The monoisotopic (exact) mass is 279 g/mol. The Morgan fingerprint density at radius 1 is 1.15 bits per heavy atom. The highest BCUT2D eigenvalue weighted by atomic mass is 16.5. The predicted molar refractivity (Wildman–Crippen MR) is 79.6 cm³/mol. The van der Waals surface area contributed by atoms with Crippen LogP contribution in [0, 0.1) is 0 Å². The molecule has 112 valence electrons. The first-order valence-electron chi connectivity index (χ1n) is 7.40. The normalized spacial score (nSPS) is 16.5. The summed E-state index contributed by atoms with van der Waals surface area (Å²) in [7, 11) is 1.80. The van der Waals surface area contributed by atoms with Gasteiger partial charge in [0.05, 0.1) is 12.2 Å². The molecule has 4 nitrogen and oxygen atoms in total. The molecule has 0 atom stereocenters. The Balaban J connectivity index is 1.68. The fourth-order valence-electron chi connectivity index (χ4n) is 2.42. The lowest BCUT2D eigenvalue weighted by Gasteiger charge is -2.40. The standard InChI is InChI=1S/C16H25NO3/c1-3-19-14-7-4-5-8-15(14)20-12-11-17-13-16(18-2)9-6-10-16/h4-5,7-8,17H,3,6,9-13H2,1-2H3. The molecule has 1 aromatic carbocycles. The van der Waals surface area contributed by atoms with Gasteiger partial charge in [-0.3, -0.25) is 0 Å². The van der Waals surface area contributed by atoms with Crippen LogP contribution in [0.15, 0.2) is 24.3 Å². The highest BCUT2D eigenvalue weighted by Crippen LogP contribution is 2.34. The molecule has 0 unspecified atom stereocenters. The van der Waals surface area contributed by atoms with E-state index in [0.29, 0.717) is 13.2 Å². The summed E-state index contributed by atoms with van der Waals surface area (Å²) in [4.78, 5) is 0. The van der Waals surface area contributed by atoms with E-state index >= 15 is 0 Å². The van der Waals surface area contributed by atoms with Crippen LogP contribution in [0.4, 0.5) is 0 Å². The second-order valence-electron chi connectivity index (χ2n) is 5.15. The molecular weight excluding hydrogens is 254 g/mol. The molecule has 0 aromatic heterocycles. The molecule has 1 fully saturated rings. The summed E-state index contributed by atoms with van der Waals surface area (Å²) in [5, 5.41) is 3.41. The van der Waals surface area contributed by atoms with Crippen LogP contribution in [0.3, 0.4) is 0 Å². The van der Waals surface area contributed by atoms with E-state index in [1.54, 1.807) is 7.11 Å². The zero-order valence-electron chi connectivity index (χ0n) is 12.5. The number of benzene rings is 1. The van der Waals surface area contributed by atoms with E-state index in [1.807, 2.05) is 31.2 Å². The summed E-state index contributed by atoms with van der Waals surface area (Å²) in [6, 6.07) is 7.78. The van der Waals surface area contributed by atoms with Crippen LogP contribution in [0.2, 0.25) is 0 Å². The van der Waals surface area contributed by atoms with Crippen LogP contribution in [-0.2, 0) is 4.74 Å². The van der Waals surface area contributed by atoms with Gasteiger partial charge in [-0.15, -0.1) is 0 Å². The third-order valence-corrected chi connectivity index (χ3v) is 3.83. The van der Waals surface area contributed by atoms with Crippen LogP contribution in [0.1, 0.15) is 26.2 Å². The van der Waals surface area contributed by atoms with Gasteiger partial charge >= 0.3 is 0 Å². The first-order chi connectivity index (χ1) is 9.79. The average Bonchev–Trinajstić information content (AvgIpc) is 2.43. The lowest BCUT2D eigenvalue weighted by atomic mass is 9.80. The third-order valence-electron chi connectivity index (χ3n) is 3.83. The van der Waals surface area contributed by atoms with Crippen molar-refractivity contribution >= 4 is 0 Å². The van der Waals surface area contributed by atoms with Gasteiger partial charge in [0.1, 0.15) is 6.61 Å². The minimum atomic E-state index is 0.0726. The zero-order chi connectivity index (χ0) is 14.3. The van der Waals surface area contributed by atoms with Crippen molar-refractivity contribution in [2.24, 2.45) is 0 Å². The zero-order valence-corrected chi connectivity index (χ0v) is 12.5. The van der Waals surface area contributed by atoms with Gasteiger partial charge in [-0.05, 0) is 38.3 Å². The van der Waals surface area contributed by atoms with E-state index in [-0.39, 0.29) is 5.60 Å². The lowest BCUT2D eigenvalue weighted by Crippen LogP contribution is -2.48. The van der Waals surface area contributed by atoms with Crippen LogP contribution in [0.25, 0.3) is 0 Å². The molecule has 0 radical (unpaired) electrons. The van der Waals surface area contributed by atoms with E-state index in [2.05, 4.69) is 5.32 Å². The van der Waals surface area contributed by atoms with Crippen molar-refractivity contribution in [3.63, 3.8) is 0 Å². The summed E-state index contributed by atoms with van der Waals surface area (Å²) in [5.41, 5.74) is 0.0726. The Kier molecular flexibility index (Phi) is 5.68. The topological polar surface area (TPSA) is 39.7 Å². The number of hydrogen-bond donors (Lipinski definition) is 1. The largest absolute Gasteiger partial charge is 0.490 e. The Bertz CT molecular complexity index is 399. The fourth-order valence-corrected chi connectivity index (χ4v) is 2.42. The summed E-state index contributed by atoms with van der Waals surface area (Å²) < 4.78 is 16.9. The van der Waals surface area contributed by atoms with Crippen molar-refractivity contribution in [1.82, 2.24) is 5.32 Å². The van der Waals surface area contributed by atoms with Crippen LogP contribution in [0.5, 0.6) is 11.5 Å². The Morgan fingerprint density at radius 2 is 1.85 bits per heavy atom. The van der Waals surface area contributed by atoms with Gasteiger partial charge in [0.2, 0.25) is 0 Å². The number of hydrogen-bond acceptors (Lipinski definition) is 4. The van der Waals surface area contributed by atoms with Gasteiger partial charge in [-0.25, -0.2) is 0 Å². The molecular formula is C16H25NO3. The Morgan fingerprint density at radius 3 is 2.40 bits per heavy atom. The number of para-hydroxylation sites is 2. The molecule has 1 aromatic rings. The predicted octanol–water partition coefficient (Wildman–Crippen LogP) is 2.62. The highest BCUT2D eigenvalue weighted by Gasteiger charge is 2.36. The molecule has 4 heteroatoms. The average molecular weight is 279 g/mol. The van der Waals surface area contributed by atoms with Crippen LogP contribution < -0.4 is 14.8 Å². The quantitative estimate of drug-likeness (QED) is 0.705. The van der Waals surface area contributed by atoms with E-state index in [4.69, 9.17) is 14.2 Å². The molecule has 0 heterocycles. The summed E-state index contributed by atoms with van der Waals surface area (Å²) >= 11 is 0. The molecule has 1 saturated carbocycles. The molecule has 0 amide bonds. The molecule has 0 spiro atoms. The van der Waals surface area contributed by atoms with Crippen molar-refractivity contribution in [3.05, 3.63) is 24.3 Å². The lowest BCUT2D eigenvalue weighted by molar-refractivity contribution is -0.0694. The van der Waals surface area contributed by atoms with Gasteiger partial charge in [0.15, 0.2) is 11.5 Å². The molecule has 0 bridgehead atoms. The van der Waals surface area contributed by atoms with Crippen molar-refractivity contribution < 1.29 is 14.2 Å². The maximum absolute atomic E-state index is 5.76. The molecule has 1 N–H and O–H groups in total. The first kappa shape index (κ1) is 15.1. The number of rotatable bonds is 9. The second-order valence-corrected chi connectivity index (χ2v) is 5.15. The molecule has 2 rings (SSSR count). The summed E-state index contributed by atoms with van der Waals surface area (Å²) in [6.45, 7) is 4.96. The van der Waals surface area contributed by atoms with E-state index in [9.17, 15) is 0 Å².